The van der Waals surface area contributed by atoms with Crippen LogP contribution in [-0.2, 0) is 14.8 Å². The van der Waals surface area contributed by atoms with Crippen molar-refractivity contribution in [1.82, 2.24) is 10.0 Å². The second-order valence-electron chi connectivity index (χ2n) is 4.89. The first-order valence-electron chi connectivity index (χ1n) is 6.27. The lowest BCUT2D eigenvalue weighted by atomic mass is 9.97. The first-order chi connectivity index (χ1) is 7.97. The molecule has 0 aromatic heterocycles. The molecular weight excluding hydrogens is 240 g/mol. The molecule has 0 aliphatic carbocycles. The van der Waals surface area contributed by atoms with Gasteiger partial charge < -0.3 is 10.1 Å². The first kappa shape index (κ1) is 14.9. The lowest BCUT2D eigenvalue weighted by Crippen LogP contribution is -2.52. The Morgan fingerprint density at radius 3 is 2.71 bits per heavy atom. The number of sulfonamides is 1. The highest BCUT2D eigenvalue weighted by molar-refractivity contribution is 7.89. The average molecular weight is 264 g/mol. The number of rotatable bonds is 7. The highest BCUT2D eigenvalue weighted by atomic mass is 32.2. The molecule has 0 aromatic carbocycles. The summed E-state index contributed by atoms with van der Waals surface area (Å²) in [6, 6.07) is 0. The fourth-order valence-electron chi connectivity index (χ4n) is 1.95. The molecule has 0 saturated carbocycles. The van der Waals surface area contributed by atoms with E-state index in [4.69, 9.17) is 4.74 Å². The van der Waals surface area contributed by atoms with Crippen molar-refractivity contribution in [2.24, 2.45) is 0 Å². The van der Waals surface area contributed by atoms with Crippen molar-refractivity contribution in [3.05, 3.63) is 0 Å². The molecule has 1 saturated heterocycles. The molecule has 5 nitrogen and oxygen atoms in total. The fraction of sp³-hybridized carbons (Fsp3) is 1.00. The Morgan fingerprint density at radius 1 is 1.35 bits per heavy atom. The molecule has 0 radical (unpaired) electrons. The predicted molar refractivity (Wildman–Crippen MR) is 68.5 cm³/mol. The van der Waals surface area contributed by atoms with Gasteiger partial charge in [-0.1, -0.05) is 6.92 Å². The zero-order valence-corrected chi connectivity index (χ0v) is 11.6. The Hall–Kier alpha value is -0.170. The predicted octanol–water partition coefficient (Wildman–Crippen LogP) is 0.475. The minimum absolute atomic E-state index is 0.128. The van der Waals surface area contributed by atoms with Gasteiger partial charge >= 0.3 is 0 Å². The average Bonchev–Trinajstić information content (AvgIpc) is 2.24. The van der Waals surface area contributed by atoms with Gasteiger partial charge in [-0.25, -0.2) is 13.1 Å². The quantitative estimate of drug-likeness (QED) is 0.656. The van der Waals surface area contributed by atoms with Crippen LogP contribution in [0, 0.1) is 0 Å². The van der Waals surface area contributed by atoms with Crippen molar-refractivity contribution in [2.45, 2.75) is 38.6 Å². The van der Waals surface area contributed by atoms with E-state index in [1.54, 1.807) is 0 Å². The van der Waals surface area contributed by atoms with Crippen molar-refractivity contribution in [1.29, 1.82) is 0 Å². The Balaban J connectivity index is 2.37. The molecule has 6 heteroatoms. The molecule has 0 spiro atoms. The minimum atomic E-state index is -3.21. The summed E-state index contributed by atoms with van der Waals surface area (Å²) in [5, 5.41) is 3.09. The van der Waals surface area contributed by atoms with Gasteiger partial charge in [0.05, 0.1) is 17.9 Å². The van der Waals surface area contributed by atoms with Gasteiger partial charge in [-0.15, -0.1) is 0 Å². The van der Waals surface area contributed by atoms with Crippen molar-refractivity contribution >= 4 is 10.0 Å². The summed E-state index contributed by atoms with van der Waals surface area (Å²) in [7, 11) is -3.21. The smallest absolute Gasteiger partial charge is 0.213 e. The maximum Gasteiger partial charge on any atom is 0.213 e. The van der Waals surface area contributed by atoms with E-state index in [0.717, 1.165) is 32.4 Å². The molecule has 0 bridgehead atoms. The summed E-state index contributed by atoms with van der Waals surface area (Å²) < 4.78 is 31.8. The molecular formula is C11H24N2O3S. The monoisotopic (exact) mass is 264 g/mol. The van der Waals surface area contributed by atoms with E-state index in [9.17, 15) is 8.42 Å². The molecule has 1 aliphatic rings. The minimum Gasteiger partial charge on any atom is -0.380 e. The van der Waals surface area contributed by atoms with Crippen LogP contribution in [0.5, 0.6) is 0 Å². The summed E-state index contributed by atoms with van der Waals surface area (Å²) in [5.74, 6) is 0.128. The Labute approximate surface area is 104 Å². The molecule has 17 heavy (non-hydrogen) atoms. The number of ether oxygens (including phenoxy) is 1. The van der Waals surface area contributed by atoms with Crippen LogP contribution in [0.4, 0.5) is 0 Å². The maximum atomic E-state index is 11.9. The van der Waals surface area contributed by atoms with Gasteiger partial charge in [0, 0.05) is 13.2 Å². The van der Waals surface area contributed by atoms with E-state index in [1.807, 2.05) is 6.92 Å². The van der Waals surface area contributed by atoms with E-state index >= 15 is 0 Å². The third-order valence-corrected chi connectivity index (χ3v) is 4.36. The second kappa shape index (κ2) is 6.68. The van der Waals surface area contributed by atoms with Gasteiger partial charge in [0.2, 0.25) is 10.0 Å². The molecule has 102 valence electrons. The lowest BCUT2D eigenvalue weighted by Gasteiger charge is -2.33. The fourth-order valence-corrected chi connectivity index (χ4v) is 3.38. The number of nitrogens with one attached hydrogen (secondary N) is 2. The van der Waals surface area contributed by atoms with Crippen LogP contribution in [0.1, 0.15) is 33.1 Å². The molecule has 1 unspecified atom stereocenters. The Bertz CT molecular complexity index is 311. The molecule has 0 aromatic rings. The van der Waals surface area contributed by atoms with Crippen molar-refractivity contribution in [3.8, 4) is 0 Å². The summed E-state index contributed by atoms with van der Waals surface area (Å²) >= 11 is 0. The van der Waals surface area contributed by atoms with E-state index in [1.165, 1.54) is 0 Å². The second-order valence-corrected chi connectivity index (χ2v) is 6.73. The number of hydrogen-bond donors (Lipinski definition) is 2. The van der Waals surface area contributed by atoms with Crippen molar-refractivity contribution in [3.63, 3.8) is 0 Å². The number of hydrogen-bond acceptors (Lipinski definition) is 4. The van der Waals surface area contributed by atoms with E-state index in [0.29, 0.717) is 13.2 Å². The molecule has 0 amide bonds. The van der Waals surface area contributed by atoms with Crippen LogP contribution >= 0.6 is 0 Å². The highest BCUT2D eigenvalue weighted by Gasteiger charge is 2.31. The topological polar surface area (TPSA) is 67.4 Å². The first-order valence-corrected chi connectivity index (χ1v) is 7.93. The van der Waals surface area contributed by atoms with E-state index in [2.05, 4.69) is 17.0 Å². The van der Waals surface area contributed by atoms with Crippen molar-refractivity contribution in [2.75, 3.05) is 32.1 Å². The Morgan fingerprint density at radius 2 is 2.12 bits per heavy atom. The van der Waals surface area contributed by atoms with Crippen LogP contribution in [0.3, 0.4) is 0 Å². The molecule has 2 N–H and O–H groups in total. The van der Waals surface area contributed by atoms with E-state index in [-0.39, 0.29) is 5.75 Å². The van der Waals surface area contributed by atoms with Gasteiger partial charge in [-0.2, -0.15) is 0 Å². The third-order valence-electron chi connectivity index (χ3n) is 2.81. The van der Waals surface area contributed by atoms with Gasteiger partial charge in [0.1, 0.15) is 0 Å². The maximum absolute atomic E-state index is 11.9. The molecule has 1 aliphatic heterocycles. The largest absolute Gasteiger partial charge is 0.380 e. The van der Waals surface area contributed by atoms with Crippen LogP contribution in [0.2, 0.25) is 0 Å². The van der Waals surface area contributed by atoms with E-state index < -0.39 is 15.6 Å². The van der Waals surface area contributed by atoms with Gasteiger partial charge in [-0.05, 0) is 32.7 Å². The highest BCUT2D eigenvalue weighted by Crippen LogP contribution is 2.19. The zero-order valence-electron chi connectivity index (χ0n) is 10.8. The SMILES string of the molecule is CCCNCCS(=O)(=O)NC1(C)CCCOC1. The van der Waals surface area contributed by atoms with Crippen molar-refractivity contribution < 1.29 is 13.2 Å². The van der Waals surface area contributed by atoms with Gasteiger partial charge in [0.25, 0.3) is 0 Å². The normalized spacial score (nSPS) is 26.0. The molecule has 1 heterocycles. The third kappa shape index (κ3) is 5.81. The van der Waals surface area contributed by atoms with Crippen LogP contribution in [0.15, 0.2) is 0 Å². The standard InChI is InChI=1S/C11H24N2O3S/c1-3-6-12-7-9-17(14,15)13-11(2)5-4-8-16-10-11/h12-13H,3-10H2,1-2H3. The lowest BCUT2D eigenvalue weighted by molar-refractivity contribution is 0.0386. The van der Waals surface area contributed by atoms with Crippen LogP contribution in [-0.4, -0.2) is 46.0 Å². The van der Waals surface area contributed by atoms with Gasteiger partial charge in [-0.3, -0.25) is 0 Å². The summed E-state index contributed by atoms with van der Waals surface area (Å²) in [6.07, 6.45) is 2.76. The summed E-state index contributed by atoms with van der Waals surface area (Å²) in [6.45, 7) is 6.52. The molecule has 1 atom stereocenters. The van der Waals surface area contributed by atoms with Gasteiger partial charge in [0.15, 0.2) is 0 Å². The summed E-state index contributed by atoms with van der Waals surface area (Å²) in [4.78, 5) is 0. The zero-order chi connectivity index (χ0) is 12.8. The molecule has 1 rings (SSSR count). The van der Waals surface area contributed by atoms with Crippen LogP contribution in [0.25, 0.3) is 0 Å². The summed E-state index contributed by atoms with van der Waals surface area (Å²) in [5.41, 5.74) is -0.429. The van der Waals surface area contributed by atoms with Crippen LogP contribution < -0.4 is 10.0 Å². The Kier molecular flexibility index (Phi) is 5.85. The molecule has 1 fully saturated rings.